The lowest BCUT2D eigenvalue weighted by Gasteiger charge is -2.15. The predicted molar refractivity (Wildman–Crippen MR) is 61.4 cm³/mol. The normalized spacial score (nSPS) is 12.1. The Morgan fingerprint density at radius 3 is 2.81 bits per heavy atom. The van der Waals surface area contributed by atoms with Crippen LogP contribution in [0.25, 0.3) is 0 Å². The van der Waals surface area contributed by atoms with Crippen LogP contribution in [0.2, 0.25) is 0 Å². The Labute approximate surface area is 95.0 Å². The van der Waals surface area contributed by atoms with E-state index in [2.05, 4.69) is 0 Å². The van der Waals surface area contributed by atoms with Gasteiger partial charge >= 0.3 is 5.97 Å². The summed E-state index contributed by atoms with van der Waals surface area (Å²) in [5, 5.41) is 8.60. The zero-order valence-electron chi connectivity index (χ0n) is 9.35. The molecular formula is C12H17NO3. The van der Waals surface area contributed by atoms with Crippen LogP contribution in [0.3, 0.4) is 0 Å². The first-order chi connectivity index (χ1) is 7.65. The molecule has 1 atom stereocenters. The topological polar surface area (TPSA) is 72.5 Å². The highest BCUT2D eigenvalue weighted by molar-refractivity contribution is 5.66. The van der Waals surface area contributed by atoms with Gasteiger partial charge in [-0.3, -0.25) is 4.79 Å². The van der Waals surface area contributed by atoms with Crippen LogP contribution in [0.4, 0.5) is 0 Å². The summed E-state index contributed by atoms with van der Waals surface area (Å²) < 4.78 is 5.44. The van der Waals surface area contributed by atoms with Gasteiger partial charge in [0.05, 0.1) is 6.61 Å². The van der Waals surface area contributed by atoms with Crippen LogP contribution in [0.15, 0.2) is 24.3 Å². The van der Waals surface area contributed by atoms with E-state index in [1.54, 1.807) is 0 Å². The van der Waals surface area contributed by atoms with E-state index >= 15 is 0 Å². The maximum atomic E-state index is 10.5. The maximum absolute atomic E-state index is 10.5. The summed E-state index contributed by atoms with van der Waals surface area (Å²) in [4.78, 5) is 10.5. The number of aliphatic carboxylic acids is 1. The number of hydrogen-bond acceptors (Lipinski definition) is 3. The van der Waals surface area contributed by atoms with Gasteiger partial charge in [-0.1, -0.05) is 18.2 Å². The Morgan fingerprint density at radius 1 is 1.50 bits per heavy atom. The Hall–Kier alpha value is -1.55. The number of para-hydroxylation sites is 1. The van der Waals surface area contributed by atoms with Crippen LogP contribution in [0.1, 0.15) is 31.4 Å². The molecule has 0 aromatic heterocycles. The first-order valence-electron chi connectivity index (χ1n) is 5.34. The molecule has 0 aliphatic rings. The van der Waals surface area contributed by atoms with Gasteiger partial charge < -0.3 is 15.6 Å². The monoisotopic (exact) mass is 223 g/mol. The summed E-state index contributed by atoms with van der Waals surface area (Å²) >= 11 is 0. The van der Waals surface area contributed by atoms with E-state index in [1.807, 2.05) is 31.2 Å². The van der Waals surface area contributed by atoms with Crippen molar-refractivity contribution in [3.63, 3.8) is 0 Å². The number of nitrogens with two attached hydrogens (primary N) is 1. The fourth-order valence-corrected chi connectivity index (χ4v) is 1.51. The zero-order chi connectivity index (χ0) is 12.0. The second-order valence-corrected chi connectivity index (χ2v) is 3.51. The summed E-state index contributed by atoms with van der Waals surface area (Å²) in [6, 6.07) is 7.17. The smallest absolute Gasteiger partial charge is 0.303 e. The highest BCUT2D eigenvalue weighted by Crippen LogP contribution is 2.26. The lowest BCUT2D eigenvalue weighted by atomic mass is 10.0. The van der Waals surface area contributed by atoms with E-state index in [1.165, 1.54) is 0 Å². The van der Waals surface area contributed by atoms with Crippen LogP contribution in [0.5, 0.6) is 5.75 Å². The number of hydrogen-bond donors (Lipinski definition) is 2. The van der Waals surface area contributed by atoms with Crippen molar-refractivity contribution in [3.05, 3.63) is 29.8 Å². The molecule has 4 heteroatoms. The van der Waals surface area contributed by atoms with Crippen LogP contribution in [-0.2, 0) is 4.79 Å². The van der Waals surface area contributed by atoms with Crippen molar-refractivity contribution in [1.29, 1.82) is 0 Å². The molecule has 0 unspecified atom stereocenters. The number of carboxylic acid groups (broad SMARTS) is 1. The van der Waals surface area contributed by atoms with Crippen molar-refractivity contribution in [2.45, 2.75) is 25.8 Å². The summed E-state index contributed by atoms with van der Waals surface area (Å²) in [7, 11) is 0. The van der Waals surface area contributed by atoms with Gasteiger partial charge in [-0.25, -0.2) is 0 Å². The van der Waals surface area contributed by atoms with E-state index < -0.39 is 5.97 Å². The van der Waals surface area contributed by atoms with Gasteiger partial charge in [0.25, 0.3) is 0 Å². The van der Waals surface area contributed by atoms with E-state index in [-0.39, 0.29) is 12.5 Å². The second kappa shape index (κ2) is 6.12. The molecule has 0 saturated heterocycles. The first-order valence-corrected chi connectivity index (χ1v) is 5.34. The largest absolute Gasteiger partial charge is 0.494 e. The molecule has 1 rings (SSSR count). The first kappa shape index (κ1) is 12.5. The molecule has 1 aromatic rings. The van der Waals surface area contributed by atoms with Gasteiger partial charge in [-0.15, -0.1) is 0 Å². The molecule has 0 amide bonds. The van der Waals surface area contributed by atoms with E-state index in [0.29, 0.717) is 13.0 Å². The second-order valence-electron chi connectivity index (χ2n) is 3.51. The van der Waals surface area contributed by atoms with Gasteiger partial charge in [0.15, 0.2) is 0 Å². The Bertz CT molecular complexity index is 352. The third kappa shape index (κ3) is 3.55. The number of rotatable bonds is 6. The Balaban J connectivity index is 2.73. The van der Waals surface area contributed by atoms with Crippen molar-refractivity contribution < 1.29 is 14.6 Å². The molecule has 16 heavy (non-hydrogen) atoms. The summed E-state index contributed by atoms with van der Waals surface area (Å²) in [6.45, 7) is 2.47. The Morgan fingerprint density at radius 2 is 2.19 bits per heavy atom. The molecule has 0 spiro atoms. The summed E-state index contributed by atoms with van der Waals surface area (Å²) in [6.07, 6.45) is 0.487. The van der Waals surface area contributed by atoms with Crippen molar-refractivity contribution in [2.24, 2.45) is 5.73 Å². The molecule has 4 nitrogen and oxygen atoms in total. The van der Waals surface area contributed by atoms with E-state index in [4.69, 9.17) is 15.6 Å². The van der Waals surface area contributed by atoms with Crippen LogP contribution in [0, 0.1) is 0 Å². The van der Waals surface area contributed by atoms with Crippen LogP contribution < -0.4 is 10.5 Å². The lowest BCUT2D eigenvalue weighted by Crippen LogP contribution is -2.13. The molecule has 0 aliphatic carbocycles. The lowest BCUT2D eigenvalue weighted by molar-refractivity contribution is -0.137. The van der Waals surface area contributed by atoms with E-state index in [0.717, 1.165) is 11.3 Å². The van der Waals surface area contributed by atoms with Gasteiger partial charge in [-0.2, -0.15) is 0 Å². The average Bonchev–Trinajstić information content (AvgIpc) is 2.27. The maximum Gasteiger partial charge on any atom is 0.303 e. The van der Waals surface area contributed by atoms with Crippen molar-refractivity contribution >= 4 is 5.97 Å². The summed E-state index contributed by atoms with van der Waals surface area (Å²) in [5.41, 5.74) is 6.80. The average molecular weight is 223 g/mol. The minimum absolute atomic E-state index is 0.0711. The molecule has 0 radical (unpaired) electrons. The molecule has 0 heterocycles. The molecule has 0 aliphatic heterocycles. The molecule has 88 valence electrons. The molecule has 1 aromatic carbocycles. The molecule has 0 saturated carbocycles. The fraction of sp³-hybridized carbons (Fsp3) is 0.417. The minimum Gasteiger partial charge on any atom is -0.494 e. The number of benzene rings is 1. The van der Waals surface area contributed by atoms with Crippen LogP contribution in [-0.4, -0.2) is 17.7 Å². The van der Waals surface area contributed by atoms with Crippen molar-refractivity contribution in [2.75, 3.05) is 6.61 Å². The van der Waals surface area contributed by atoms with Crippen molar-refractivity contribution in [1.82, 2.24) is 0 Å². The van der Waals surface area contributed by atoms with Gasteiger partial charge in [-0.05, 0) is 19.4 Å². The van der Waals surface area contributed by atoms with E-state index in [9.17, 15) is 4.79 Å². The molecule has 3 N–H and O–H groups in total. The number of carbonyl (C=O) groups is 1. The van der Waals surface area contributed by atoms with Gasteiger partial charge in [0.1, 0.15) is 5.75 Å². The van der Waals surface area contributed by atoms with Gasteiger partial charge in [0.2, 0.25) is 0 Å². The van der Waals surface area contributed by atoms with Crippen LogP contribution >= 0.6 is 0 Å². The third-order valence-electron chi connectivity index (χ3n) is 2.29. The molecular weight excluding hydrogens is 206 g/mol. The number of carboxylic acids is 1. The minimum atomic E-state index is -0.829. The van der Waals surface area contributed by atoms with Crippen molar-refractivity contribution in [3.8, 4) is 5.75 Å². The third-order valence-corrected chi connectivity index (χ3v) is 2.29. The standard InChI is InChI=1S/C12H17NO3/c1-2-16-11-6-4-3-5-9(11)10(13)7-8-12(14)15/h3-6,10H,2,7-8,13H2,1H3,(H,14,15)/t10-/m0/s1. The quantitative estimate of drug-likeness (QED) is 0.773. The fourth-order valence-electron chi connectivity index (χ4n) is 1.51. The Kier molecular flexibility index (Phi) is 4.79. The highest BCUT2D eigenvalue weighted by Gasteiger charge is 2.12. The SMILES string of the molecule is CCOc1ccccc1[C@@H](N)CCC(=O)O. The zero-order valence-corrected chi connectivity index (χ0v) is 9.35. The van der Waals surface area contributed by atoms with Gasteiger partial charge in [0, 0.05) is 18.0 Å². The number of ether oxygens (including phenoxy) is 1. The molecule has 0 fully saturated rings. The predicted octanol–water partition coefficient (Wildman–Crippen LogP) is 1.95. The summed E-state index contributed by atoms with van der Waals surface area (Å²) in [5.74, 6) is -0.0905. The molecule has 0 bridgehead atoms. The highest BCUT2D eigenvalue weighted by atomic mass is 16.5.